The molecule has 0 aliphatic rings. The van der Waals surface area contributed by atoms with E-state index >= 15 is 0 Å². The van der Waals surface area contributed by atoms with Gasteiger partial charge in [-0.25, -0.2) is 0 Å². The molecule has 0 fully saturated rings. The van der Waals surface area contributed by atoms with Crippen molar-refractivity contribution in [2.24, 2.45) is 0 Å². The first-order chi connectivity index (χ1) is 8.65. The molecule has 0 amide bonds. The number of rotatable bonds is 4. The molecule has 1 unspecified atom stereocenters. The lowest BCUT2D eigenvalue weighted by molar-refractivity contribution is 0.224. The maximum absolute atomic E-state index is 9.71. The van der Waals surface area contributed by atoms with Gasteiger partial charge < -0.3 is 10.4 Å². The van der Waals surface area contributed by atoms with Crippen LogP contribution in [0.3, 0.4) is 0 Å². The van der Waals surface area contributed by atoms with E-state index in [0.29, 0.717) is 0 Å². The fourth-order valence-electron chi connectivity index (χ4n) is 1.87. The van der Waals surface area contributed by atoms with Gasteiger partial charge in [-0.05, 0) is 40.5 Å². The lowest BCUT2D eigenvalue weighted by Gasteiger charge is -2.31. The van der Waals surface area contributed by atoms with Gasteiger partial charge in [-0.2, -0.15) is 0 Å². The zero-order chi connectivity index (χ0) is 13.0. The fraction of sp³-hybridized carbons (Fsp3) is 0.200. The SMILES string of the molecule is CC(CO)(Nc1ccccc1Br)c1ccccc1. The van der Waals surface area contributed by atoms with Crippen molar-refractivity contribution in [1.82, 2.24) is 0 Å². The standard InChI is InChI=1S/C15H16BrNO/c1-15(11-18,12-7-3-2-4-8-12)17-14-10-6-5-9-13(14)16/h2-10,17-18H,11H2,1H3. The van der Waals surface area contributed by atoms with Crippen LogP contribution >= 0.6 is 15.9 Å². The van der Waals surface area contributed by atoms with Crippen LogP contribution in [-0.2, 0) is 5.54 Å². The molecule has 18 heavy (non-hydrogen) atoms. The molecule has 0 bridgehead atoms. The summed E-state index contributed by atoms with van der Waals surface area (Å²) in [5.74, 6) is 0. The topological polar surface area (TPSA) is 32.3 Å². The molecule has 0 saturated heterocycles. The van der Waals surface area contributed by atoms with Crippen LogP contribution < -0.4 is 5.32 Å². The molecule has 0 spiro atoms. The van der Waals surface area contributed by atoms with Gasteiger partial charge in [0.2, 0.25) is 0 Å². The minimum Gasteiger partial charge on any atom is -0.394 e. The van der Waals surface area contributed by atoms with Crippen LogP contribution in [0.5, 0.6) is 0 Å². The summed E-state index contributed by atoms with van der Waals surface area (Å²) in [4.78, 5) is 0. The molecule has 2 aromatic carbocycles. The van der Waals surface area contributed by atoms with Crippen LogP contribution in [0.1, 0.15) is 12.5 Å². The Hall–Kier alpha value is -1.32. The predicted molar refractivity (Wildman–Crippen MR) is 78.6 cm³/mol. The average Bonchev–Trinajstić information content (AvgIpc) is 2.42. The van der Waals surface area contributed by atoms with Crippen LogP contribution in [0.2, 0.25) is 0 Å². The molecule has 2 N–H and O–H groups in total. The number of halogens is 1. The second-order valence-corrected chi connectivity index (χ2v) is 5.32. The second-order valence-electron chi connectivity index (χ2n) is 4.46. The molecular weight excluding hydrogens is 290 g/mol. The average molecular weight is 306 g/mol. The van der Waals surface area contributed by atoms with Crippen LogP contribution in [0, 0.1) is 0 Å². The summed E-state index contributed by atoms with van der Waals surface area (Å²) in [6.45, 7) is 2.01. The zero-order valence-electron chi connectivity index (χ0n) is 10.2. The van der Waals surface area contributed by atoms with Gasteiger partial charge in [-0.3, -0.25) is 0 Å². The molecule has 0 saturated carbocycles. The van der Waals surface area contributed by atoms with Gasteiger partial charge in [0.1, 0.15) is 0 Å². The summed E-state index contributed by atoms with van der Waals surface area (Å²) in [5, 5.41) is 13.1. The van der Waals surface area contributed by atoms with Gasteiger partial charge >= 0.3 is 0 Å². The van der Waals surface area contributed by atoms with E-state index in [1.165, 1.54) is 0 Å². The summed E-state index contributed by atoms with van der Waals surface area (Å²) in [6, 6.07) is 17.9. The lowest BCUT2D eigenvalue weighted by Crippen LogP contribution is -2.35. The first-order valence-corrected chi connectivity index (χ1v) is 6.64. The fourth-order valence-corrected chi connectivity index (χ4v) is 2.25. The van der Waals surface area contributed by atoms with Gasteiger partial charge in [0, 0.05) is 10.2 Å². The third-order valence-electron chi connectivity index (χ3n) is 3.01. The number of aliphatic hydroxyl groups excluding tert-OH is 1. The van der Waals surface area contributed by atoms with Crippen molar-refractivity contribution in [2.75, 3.05) is 11.9 Å². The molecule has 2 rings (SSSR count). The molecule has 0 aliphatic heterocycles. The minimum atomic E-state index is -0.495. The van der Waals surface area contributed by atoms with Crippen molar-refractivity contribution in [2.45, 2.75) is 12.5 Å². The summed E-state index contributed by atoms with van der Waals surface area (Å²) in [7, 11) is 0. The molecule has 0 heterocycles. The van der Waals surface area contributed by atoms with E-state index in [9.17, 15) is 5.11 Å². The van der Waals surface area contributed by atoms with Gasteiger partial charge in [-0.15, -0.1) is 0 Å². The monoisotopic (exact) mass is 305 g/mol. The molecule has 94 valence electrons. The maximum atomic E-state index is 9.71. The zero-order valence-corrected chi connectivity index (χ0v) is 11.8. The van der Waals surface area contributed by atoms with Crippen molar-refractivity contribution in [3.05, 3.63) is 64.6 Å². The van der Waals surface area contributed by atoms with Crippen molar-refractivity contribution < 1.29 is 5.11 Å². The van der Waals surface area contributed by atoms with Crippen LogP contribution in [-0.4, -0.2) is 11.7 Å². The highest BCUT2D eigenvalue weighted by Crippen LogP contribution is 2.29. The van der Waals surface area contributed by atoms with E-state index in [4.69, 9.17) is 0 Å². The second kappa shape index (κ2) is 5.55. The number of para-hydroxylation sites is 1. The van der Waals surface area contributed by atoms with Crippen molar-refractivity contribution in [1.29, 1.82) is 0 Å². The number of nitrogens with one attached hydrogen (secondary N) is 1. The Bertz CT molecular complexity index is 515. The van der Waals surface area contributed by atoms with E-state index < -0.39 is 5.54 Å². The van der Waals surface area contributed by atoms with Gasteiger partial charge in [0.25, 0.3) is 0 Å². The van der Waals surface area contributed by atoms with E-state index in [-0.39, 0.29) is 6.61 Å². The van der Waals surface area contributed by atoms with Crippen molar-refractivity contribution in [3.63, 3.8) is 0 Å². The molecule has 0 radical (unpaired) electrons. The third kappa shape index (κ3) is 2.74. The highest BCUT2D eigenvalue weighted by Gasteiger charge is 2.25. The largest absolute Gasteiger partial charge is 0.394 e. The first kappa shape index (κ1) is 13.1. The molecule has 2 nitrogen and oxygen atoms in total. The Balaban J connectivity index is 2.32. The van der Waals surface area contributed by atoms with Crippen molar-refractivity contribution in [3.8, 4) is 0 Å². The molecule has 2 aromatic rings. The normalized spacial score (nSPS) is 13.9. The van der Waals surface area contributed by atoms with Crippen LogP contribution in [0.25, 0.3) is 0 Å². The Morgan fingerprint density at radius 3 is 2.28 bits per heavy atom. The summed E-state index contributed by atoms with van der Waals surface area (Å²) < 4.78 is 0.987. The number of anilines is 1. The Kier molecular flexibility index (Phi) is 4.04. The quantitative estimate of drug-likeness (QED) is 0.901. The Morgan fingerprint density at radius 2 is 1.67 bits per heavy atom. The number of benzene rings is 2. The summed E-state index contributed by atoms with van der Waals surface area (Å²) in [5.41, 5.74) is 1.53. The molecular formula is C15H16BrNO. The summed E-state index contributed by atoms with van der Waals surface area (Å²) >= 11 is 3.51. The molecule has 3 heteroatoms. The minimum absolute atomic E-state index is 0.0261. The number of hydrogen-bond donors (Lipinski definition) is 2. The molecule has 1 atom stereocenters. The number of aliphatic hydroxyl groups is 1. The first-order valence-electron chi connectivity index (χ1n) is 5.85. The van der Waals surface area contributed by atoms with Crippen LogP contribution in [0.15, 0.2) is 59.1 Å². The van der Waals surface area contributed by atoms with Crippen LogP contribution in [0.4, 0.5) is 5.69 Å². The van der Waals surface area contributed by atoms with E-state index in [1.54, 1.807) is 0 Å². The number of hydrogen-bond acceptors (Lipinski definition) is 2. The molecule has 0 aromatic heterocycles. The van der Waals surface area contributed by atoms with Gasteiger partial charge in [0.05, 0.1) is 12.1 Å². The smallest absolute Gasteiger partial charge is 0.0828 e. The Labute approximate surface area is 116 Å². The lowest BCUT2D eigenvalue weighted by atomic mass is 9.92. The van der Waals surface area contributed by atoms with Crippen molar-refractivity contribution >= 4 is 21.6 Å². The van der Waals surface area contributed by atoms with E-state index in [2.05, 4.69) is 21.2 Å². The Morgan fingerprint density at radius 1 is 1.06 bits per heavy atom. The molecule has 0 aliphatic carbocycles. The highest BCUT2D eigenvalue weighted by molar-refractivity contribution is 9.10. The van der Waals surface area contributed by atoms with E-state index in [1.807, 2.05) is 61.5 Å². The van der Waals surface area contributed by atoms with Gasteiger partial charge in [-0.1, -0.05) is 42.5 Å². The maximum Gasteiger partial charge on any atom is 0.0828 e. The van der Waals surface area contributed by atoms with Gasteiger partial charge in [0.15, 0.2) is 0 Å². The predicted octanol–water partition coefficient (Wildman–Crippen LogP) is 3.77. The van der Waals surface area contributed by atoms with E-state index in [0.717, 1.165) is 15.7 Å². The third-order valence-corrected chi connectivity index (χ3v) is 3.70. The summed E-state index contributed by atoms with van der Waals surface area (Å²) in [6.07, 6.45) is 0. The highest BCUT2D eigenvalue weighted by atomic mass is 79.9.